The number of benzene rings is 1. The maximum atomic E-state index is 4.35. The van der Waals surface area contributed by atoms with E-state index in [1.54, 1.807) is 0 Å². The Labute approximate surface area is 121 Å². The second kappa shape index (κ2) is 6.19. The molecule has 0 aliphatic carbocycles. The molecule has 0 atom stereocenters. The predicted molar refractivity (Wildman–Crippen MR) is 83.6 cm³/mol. The van der Waals surface area contributed by atoms with Gasteiger partial charge in [-0.3, -0.25) is 9.88 Å². The fourth-order valence-electron chi connectivity index (χ4n) is 2.89. The Bertz CT molecular complexity index is 571. The minimum absolute atomic E-state index is 1.04. The summed E-state index contributed by atoms with van der Waals surface area (Å²) in [5.74, 6) is 0. The molecule has 0 unspecified atom stereocenters. The van der Waals surface area contributed by atoms with Gasteiger partial charge in [0, 0.05) is 24.5 Å². The van der Waals surface area contributed by atoms with E-state index in [1.165, 1.54) is 48.2 Å². The standard InChI is InChI=1S/C18H22N2/c1-2-15-10-18(13-19-12-15)17-7-5-6-16(11-17)14-20-8-3-4-9-20/h5-7,10-13H,2-4,8-9,14H2,1H3. The van der Waals surface area contributed by atoms with Gasteiger partial charge in [-0.25, -0.2) is 0 Å². The Kier molecular flexibility index (Phi) is 4.12. The third-order valence-corrected chi connectivity index (χ3v) is 4.07. The van der Waals surface area contributed by atoms with Crippen molar-refractivity contribution in [2.75, 3.05) is 13.1 Å². The van der Waals surface area contributed by atoms with Crippen LogP contribution in [-0.2, 0) is 13.0 Å². The first-order valence-electron chi connectivity index (χ1n) is 7.61. The van der Waals surface area contributed by atoms with Crippen molar-refractivity contribution in [2.24, 2.45) is 0 Å². The zero-order valence-corrected chi connectivity index (χ0v) is 12.2. The highest BCUT2D eigenvalue weighted by Gasteiger charge is 2.11. The highest BCUT2D eigenvalue weighted by atomic mass is 15.1. The van der Waals surface area contributed by atoms with Crippen LogP contribution < -0.4 is 0 Å². The first kappa shape index (κ1) is 13.3. The fourth-order valence-corrected chi connectivity index (χ4v) is 2.89. The van der Waals surface area contributed by atoms with Crippen molar-refractivity contribution < 1.29 is 0 Å². The lowest BCUT2D eigenvalue weighted by atomic mass is 10.0. The summed E-state index contributed by atoms with van der Waals surface area (Å²) in [6.07, 6.45) is 7.66. The molecule has 1 aromatic carbocycles. The van der Waals surface area contributed by atoms with Crippen molar-refractivity contribution >= 4 is 0 Å². The highest BCUT2D eigenvalue weighted by Crippen LogP contribution is 2.22. The normalized spacial score (nSPS) is 15.7. The zero-order valence-electron chi connectivity index (χ0n) is 12.2. The molecule has 1 aromatic heterocycles. The van der Waals surface area contributed by atoms with Crippen LogP contribution in [0.15, 0.2) is 42.7 Å². The minimum atomic E-state index is 1.04. The van der Waals surface area contributed by atoms with Gasteiger partial charge in [-0.1, -0.05) is 25.1 Å². The molecule has 1 aliphatic rings. The first-order chi connectivity index (χ1) is 9.85. The maximum absolute atomic E-state index is 4.35. The van der Waals surface area contributed by atoms with E-state index in [0.717, 1.165) is 13.0 Å². The molecule has 2 heterocycles. The van der Waals surface area contributed by atoms with Crippen molar-refractivity contribution in [1.29, 1.82) is 0 Å². The van der Waals surface area contributed by atoms with Crippen LogP contribution in [0.5, 0.6) is 0 Å². The van der Waals surface area contributed by atoms with Crippen molar-refractivity contribution in [1.82, 2.24) is 9.88 Å². The molecule has 1 aliphatic heterocycles. The number of pyridine rings is 1. The van der Waals surface area contributed by atoms with Gasteiger partial charge in [-0.2, -0.15) is 0 Å². The van der Waals surface area contributed by atoms with Gasteiger partial charge in [0.25, 0.3) is 0 Å². The van der Waals surface area contributed by atoms with E-state index >= 15 is 0 Å². The smallest absolute Gasteiger partial charge is 0.0346 e. The second-order valence-electron chi connectivity index (χ2n) is 5.62. The number of aryl methyl sites for hydroxylation is 1. The van der Waals surface area contributed by atoms with Crippen LogP contribution in [0.4, 0.5) is 0 Å². The number of nitrogens with zero attached hydrogens (tertiary/aromatic N) is 2. The van der Waals surface area contributed by atoms with Crippen molar-refractivity contribution in [3.63, 3.8) is 0 Å². The van der Waals surface area contributed by atoms with Crippen LogP contribution >= 0.6 is 0 Å². The summed E-state index contributed by atoms with van der Waals surface area (Å²) in [7, 11) is 0. The Morgan fingerprint density at radius 2 is 1.80 bits per heavy atom. The molecule has 0 amide bonds. The molecule has 20 heavy (non-hydrogen) atoms. The summed E-state index contributed by atoms with van der Waals surface area (Å²) in [5, 5.41) is 0. The lowest BCUT2D eigenvalue weighted by Crippen LogP contribution is -2.18. The molecule has 2 nitrogen and oxygen atoms in total. The largest absolute Gasteiger partial charge is 0.299 e. The molecule has 0 spiro atoms. The number of hydrogen-bond acceptors (Lipinski definition) is 2. The molecular weight excluding hydrogens is 244 g/mol. The average Bonchev–Trinajstić information content (AvgIpc) is 3.00. The van der Waals surface area contributed by atoms with Gasteiger partial charge in [-0.05, 0) is 61.2 Å². The number of likely N-dealkylation sites (tertiary alicyclic amines) is 1. The van der Waals surface area contributed by atoms with Crippen LogP contribution in [0.1, 0.15) is 30.9 Å². The lowest BCUT2D eigenvalue weighted by molar-refractivity contribution is 0.331. The van der Waals surface area contributed by atoms with Crippen molar-refractivity contribution in [2.45, 2.75) is 32.7 Å². The van der Waals surface area contributed by atoms with Gasteiger partial charge in [0.15, 0.2) is 0 Å². The summed E-state index contributed by atoms with van der Waals surface area (Å²) in [4.78, 5) is 6.90. The average molecular weight is 266 g/mol. The molecule has 0 radical (unpaired) electrons. The second-order valence-corrected chi connectivity index (χ2v) is 5.62. The van der Waals surface area contributed by atoms with Crippen molar-refractivity contribution in [3.05, 3.63) is 53.9 Å². The quantitative estimate of drug-likeness (QED) is 0.834. The Morgan fingerprint density at radius 1 is 1.00 bits per heavy atom. The summed E-state index contributed by atoms with van der Waals surface area (Å²) in [5.41, 5.74) is 5.22. The van der Waals surface area contributed by atoms with E-state index in [-0.39, 0.29) is 0 Å². The van der Waals surface area contributed by atoms with E-state index in [1.807, 2.05) is 12.4 Å². The first-order valence-corrected chi connectivity index (χ1v) is 7.61. The maximum Gasteiger partial charge on any atom is 0.0346 e. The van der Waals surface area contributed by atoms with Gasteiger partial charge in [0.2, 0.25) is 0 Å². The molecule has 3 rings (SSSR count). The summed E-state index contributed by atoms with van der Waals surface area (Å²) < 4.78 is 0. The molecular formula is C18H22N2. The van der Waals surface area contributed by atoms with Gasteiger partial charge in [0.05, 0.1) is 0 Å². The van der Waals surface area contributed by atoms with Crippen molar-refractivity contribution in [3.8, 4) is 11.1 Å². The van der Waals surface area contributed by atoms with Gasteiger partial charge < -0.3 is 0 Å². The molecule has 0 bridgehead atoms. The third-order valence-electron chi connectivity index (χ3n) is 4.07. The molecule has 1 fully saturated rings. The Balaban J connectivity index is 1.82. The third kappa shape index (κ3) is 3.07. The molecule has 0 N–H and O–H groups in total. The predicted octanol–water partition coefficient (Wildman–Crippen LogP) is 3.91. The molecule has 104 valence electrons. The molecule has 1 saturated heterocycles. The van der Waals surface area contributed by atoms with Crippen LogP contribution in [0.2, 0.25) is 0 Å². The molecule has 2 heteroatoms. The van der Waals surface area contributed by atoms with Crippen LogP contribution in [0.3, 0.4) is 0 Å². The zero-order chi connectivity index (χ0) is 13.8. The van der Waals surface area contributed by atoms with Crippen LogP contribution in [0, 0.1) is 0 Å². The van der Waals surface area contributed by atoms with Gasteiger partial charge in [-0.15, -0.1) is 0 Å². The summed E-state index contributed by atoms with van der Waals surface area (Å²) in [6.45, 7) is 5.74. The van der Waals surface area contributed by atoms with E-state index < -0.39 is 0 Å². The van der Waals surface area contributed by atoms with Gasteiger partial charge in [0.1, 0.15) is 0 Å². The minimum Gasteiger partial charge on any atom is -0.299 e. The number of aromatic nitrogens is 1. The number of rotatable bonds is 4. The summed E-state index contributed by atoms with van der Waals surface area (Å²) in [6, 6.07) is 11.2. The van der Waals surface area contributed by atoms with E-state index in [2.05, 4.69) is 47.1 Å². The Morgan fingerprint density at radius 3 is 2.60 bits per heavy atom. The summed E-state index contributed by atoms with van der Waals surface area (Å²) >= 11 is 0. The monoisotopic (exact) mass is 266 g/mol. The fraction of sp³-hybridized carbons (Fsp3) is 0.389. The SMILES string of the molecule is CCc1cncc(-c2cccc(CN3CCCC3)c2)c1. The van der Waals surface area contributed by atoms with E-state index in [4.69, 9.17) is 0 Å². The molecule has 2 aromatic rings. The van der Waals surface area contributed by atoms with E-state index in [9.17, 15) is 0 Å². The lowest BCUT2D eigenvalue weighted by Gasteiger charge is -2.15. The highest BCUT2D eigenvalue weighted by molar-refractivity contribution is 5.63. The molecule has 0 saturated carbocycles. The Hall–Kier alpha value is -1.67. The van der Waals surface area contributed by atoms with E-state index in [0.29, 0.717) is 0 Å². The number of hydrogen-bond donors (Lipinski definition) is 0. The van der Waals surface area contributed by atoms with Gasteiger partial charge >= 0.3 is 0 Å². The van der Waals surface area contributed by atoms with Crippen LogP contribution in [-0.4, -0.2) is 23.0 Å². The topological polar surface area (TPSA) is 16.1 Å². The van der Waals surface area contributed by atoms with Crippen LogP contribution in [0.25, 0.3) is 11.1 Å².